The fourth-order valence-electron chi connectivity index (χ4n) is 1.57. The van der Waals surface area contributed by atoms with Crippen LogP contribution < -0.4 is 10.1 Å². The molecule has 3 nitrogen and oxygen atoms in total. The van der Waals surface area contributed by atoms with Gasteiger partial charge >= 0.3 is 0 Å². The standard InChI is InChI=1S/C10H13IN2O/c11-8-4-10(6-12-5-8)14-7-9-2-1-3-13-9/h4-6,9,13H,1-3,7H2/t9-/m0/s1/i11-4. The normalized spacial score (nSPS) is 21.1. The average molecular weight is 300 g/mol. The topological polar surface area (TPSA) is 34.1 Å². The Hall–Kier alpha value is -0.360. The molecule has 0 saturated carbocycles. The summed E-state index contributed by atoms with van der Waals surface area (Å²) in [5.74, 6) is 0.866. The molecule has 1 fully saturated rings. The molecule has 76 valence electrons. The van der Waals surface area contributed by atoms with Gasteiger partial charge in [-0.3, -0.25) is 4.98 Å². The lowest BCUT2D eigenvalue weighted by molar-refractivity contribution is 0.276. The molecular formula is C10H13IN2O. The largest absolute Gasteiger partial charge is 0.490 e. The van der Waals surface area contributed by atoms with Gasteiger partial charge in [0.25, 0.3) is 0 Å². The molecule has 0 unspecified atom stereocenters. The Morgan fingerprint density at radius 2 is 2.50 bits per heavy atom. The van der Waals surface area contributed by atoms with Crippen LogP contribution in [0.4, 0.5) is 0 Å². The van der Waals surface area contributed by atoms with E-state index in [1.54, 1.807) is 6.20 Å². The van der Waals surface area contributed by atoms with Crippen molar-refractivity contribution in [1.29, 1.82) is 0 Å². The third-order valence-electron chi connectivity index (χ3n) is 2.29. The molecule has 1 aliphatic heterocycles. The van der Waals surface area contributed by atoms with E-state index in [1.807, 2.05) is 12.3 Å². The van der Waals surface area contributed by atoms with Crippen LogP contribution in [0.25, 0.3) is 0 Å². The summed E-state index contributed by atoms with van der Waals surface area (Å²) in [5.41, 5.74) is 0. The van der Waals surface area contributed by atoms with Gasteiger partial charge in [-0.25, -0.2) is 0 Å². The molecule has 0 aliphatic carbocycles. The molecule has 1 aliphatic rings. The van der Waals surface area contributed by atoms with Gasteiger partial charge in [-0.1, -0.05) is 0 Å². The van der Waals surface area contributed by atoms with Gasteiger partial charge in [0.2, 0.25) is 0 Å². The van der Waals surface area contributed by atoms with Crippen molar-refractivity contribution in [2.45, 2.75) is 18.9 Å². The van der Waals surface area contributed by atoms with Crippen LogP contribution in [0.3, 0.4) is 0 Å². The molecule has 0 radical (unpaired) electrons. The zero-order chi connectivity index (χ0) is 9.80. The van der Waals surface area contributed by atoms with Gasteiger partial charge in [0.1, 0.15) is 12.4 Å². The van der Waals surface area contributed by atoms with Crippen molar-refractivity contribution in [2.24, 2.45) is 0 Å². The van der Waals surface area contributed by atoms with Gasteiger partial charge in [-0.05, 0) is 48.0 Å². The monoisotopic (exact) mass is 300 g/mol. The molecule has 2 heterocycles. The summed E-state index contributed by atoms with van der Waals surface area (Å²) in [5, 5.41) is 3.39. The van der Waals surface area contributed by atoms with Crippen molar-refractivity contribution in [3.05, 3.63) is 22.0 Å². The van der Waals surface area contributed by atoms with Crippen LogP contribution in [0.1, 0.15) is 12.8 Å². The van der Waals surface area contributed by atoms with Gasteiger partial charge in [0, 0.05) is 15.8 Å². The third kappa shape index (κ3) is 2.81. The average Bonchev–Trinajstić information content (AvgIpc) is 2.67. The highest BCUT2D eigenvalue weighted by molar-refractivity contribution is 14.1. The fourth-order valence-corrected chi connectivity index (χ4v) is 2.03. The van der Waals surface area contributed by atoms with Gasteiger partial charge in [-0.15, -0.1) is 0 Å². The van der Waals surface area contributed by atoms with Crippen molar-refractivity contribution in [3.63, 3.8) is 0 Å². The first-order valence-electron chi connectivity index (χ1n) is 4.81. The first kappa shape index (κ1) is 10.2. The van der Waals surface area contributed by atoms with E-state index in [0.717, 1.165) is 22.5 Å². The van der Waals surface area contributed by atoms with Crippen molar-refractivity contribution in [3.8, 4) is 5.75 Å². The Kier molecular flexibility index (Phi) is 3.58. The summed E-state index contributed by atoms with van der Waals surface area (Å²) >= 11 is 2.24. The van der Waals surface area contributed by atoms with Crippen LogP contribution in [0.15, 0.2) is 18.5 Å². The lowest BCUT2D eigenvalue weighted by Crippen LogP contribution is -2.28. The van der Waals surface area contributed by atoms with Crippen molar-refractivity contribution in [1.82, 2.24) is 10.3 Å². The maximum Gasteiger partial charge on any atom is 0.138 e. The molecule has 0 bridgehead atoms. The molecule has 0 aromatic carbocycles. The molecule has 1 saturated heterocycles. The van der Waals surface area contributed by atoms with E-state index in [4.69, 9.17) is 4.74 Å². The molecule has 0 amide bonds. The van der Waals surface area contributed by atoms with Gasteiger partial charge in [-0.2, -0.15) is 0 Å². The second-order valence-electron chi connectivity index (χ2n) is 3.44. The summed E-state index contributed by atoms with van der Waals surface area (Å²) in [6, 6.07) is 2.52. The van der Waals surface area contributed by atoms with Gasteiger partial charge in [0.15, 0.2) is 0 Å². The van der Waals surface area contributed by atoms with Crippen LogP contribution in [0.2, 0.25) is 0 Å². The molecule has 1 atom stereocenters. The lowest BCUT2D eigenvalue weighted by Gasteiger charge is -2.11. The molecule has 2 rings (SSSR count). The third-order valence-corrected chi connectivity index (χ3v) is 2.88. The minimum Gasteiger partial charge on any atom is -0.490 e. The number of rotatable bonds is 3. The molecule has 1 aromatic heterocycles. The lowest BCUT2D eigenvalue weighted by atomic mass is 10.2. The van der Waals surface area contributed by atoms with Crippen molar-refractivity contribution in [2.75, 3.05) is 13.2 Å². The van der Waals surface area contributed by atoms with E-state index in [2.05, 4.69) is 32.9 Å². The molecule has 4 heteroatoms. The summed E-state index contributed by atoms with van der Waals surface area (Å²) in [4.78, 5) is 4.08. The predicted octanol–water partition coefficient (Wildman–Crippen LogP) is 1.82. The van der Waals surface area contributed by atoms with E-state index in [9.17, 15) is 0 Å². The highest BCUT2D eigenvalue weighted by atomic mass is 123. The Labute approximate surface area is 97.4 Å². The number of ether oxygens (including phenoxy) is 1. The quantitative estimate of drug-likeness (QED) is 0.865. The zero-order valence-electron chi connectivity index (χ0n) is 7.87. The summed E-state index contributed by atoms with van der Waals surface area (Å²) in [7, 11) is 0. The molecule has 1 aromatic rings. The first-order valence-corrected chi connectivity index (χ1v) is 5.89. The first-order chi connectivity index (χ1) is 6.84. The minimum atomic E-state index is 0.521. The van der Waals surface area contributed by atoms with E-state index in [1.165, 1.54) is 12.8 Å². The van der Waals surface area contributed by atoms with Crippen LogP contribution in [0.5, 0.6) is 5.75 Å². The number of nitrogens with one attached hydrogen (secondary N) is 1. The minimum absolute atomic E-state index is 0.521. The SMILES string of the molecule is [123I]c1cncc(OC[C@@H]2CCCN2)c1. The fraction of sp³-hybridized carbons (Fsp3) is 0.500. The number of pyridine rings is 1. The van der Waals surface area contributed by atoms with E-state index in [0.29, 0.717) is 6.04 Å². The summed E-state index contributed by atoms with van der Waals surface area (Å²) in [6.07, 6.45) is 6.06. The molecular weight excluding hydrogens is 287 g/mol. The molecule has 1 N–H and O–H groups in total. The van der Waals surface area contributed by atoms with Crippen LogP contribution in [-0.2, 0) is 0 Å². The van der Waals surface area contributed by atoms with Gasteiger partial charge in [0.05, 0.1) is 6.20 Å². The second kappa shape index (κ2) is 4.93. The second-order valence-corrected chi connectivity index (χ2v) is 4.69. The maximum absolute atomic E-state index is 5.64. The highest BCUT2D eigenvalue weighted by Crippen LogP contribution is 2.14. The van der Waals surface area contributed by atoms with Crippen molar-refractivity contribution >= 4 is 22.6 Å². The van der Waals surface area contributed by atoms with E-state index >= 15 is 0 Å². The smallest absolute Gasteiger partial charge is 0.138 e. The molecule has 14 heavy (non-hydrogen) atoms. The summed E-state index contributed by atoms with van der Waals surface area (Å²) in [6.45, 7) is 1.88. The molecule has 0 spiro atoms. The number of aromatic nitrogens is 1. The Morgan fingerprint density at radius 1 is 1.57 bits per heavy atom. The Balaban J connectivity index is 1.85. The van der Waals surface area contributed by atoms with Crippen molar-refractivity contribution < 1.29 is 4.74 Å². The van der Waals surface area contributed by atoms with Crippen LogP contribution in [-0.4, -0.2) is 24.2 Å². The van der Waals surface area contributed by atoms with Crippen LogP contribution in [0, 0.1) is 3.57 Å². The van der Waals surface area contributed by atoms with E-state index in [-0.39, 0.29) is 0 Å². The maximum atomic E-state index is 5.64. The summed E-state index contributed by atoms with van der Waals surface area (Å²) < 4.78 is 6.75. The Morgan fingerprint density at radius 3 is 3.21 bits per heavy atom. The zero-order valence-corrected chi connectivity index (χ0v) is 10.0. The predicted molar refractivity (Wildman–Crippen MR) is 63.5 cm³/mol. The Bertz CT molecular complexity index is 300. The number of halogens is 1. The van der Waals surface area contributed by atoms with E-state index < -0.39 is 0 Å². The highest BCUT2D eigenvalue weighted by Gasteiger charge is 2.14. The van der Waals surface area contributed by atoms with Crippen LogP contribution >= 0.6 is 22.6 Å². The number of hydrogen-bond acceptors (Lipinski definition) is 3. The van der Waals surface area contributed by atoms with Gasteiger partial charge < -0.3 is 10.1 Å². The number of hydrogen-bond donors (Lipinski definition) is 1. The number of nitrogens with zero attached hydrogens (tertiary/aromatic N) is 1.